The van der Waals surface area contributed by atoms with Gasteiger partial charge in [-0.15, -0.1) is 0 Å². The molecular weight excluding hydrogens is 369 g/mol. The summed E-state index contributed by atoms with van der Waals surface area (Å²) in [5.41, 5.74) is 2.70. The monoisotopic (exact) mass is 389 g/mol. The summed E-state index contributed by atoms with van der Waals surface area (Å²) in [6.07, 6.45) is 4.84. The molecule has 0 bridgehead atoms. The van der Waals surface area contributed by atoms with E-state index in [0.29, 0.717) is 31.8 Å². The summed E-state index contributed by atoms with van der Waals surface area (Å²) >= 11 is 0. The number of rotatable bonds is 5. The molecule has 1 aliphatic carbocycles. The zero-order valence-electron chi connectivity index (χ0n) is 14.6. The van der Waals surface area contributed by atoms with Gasteiger partial charge in [-0.2, -0.15) is 0 Å². The first kappa shape index (κ1) is 17.2. The molecule has 0 aromatic carbocycles. The maximum atomic E-state index is 12.3. The number of ether oxygens (including phenoxy) is 1. The Hall–Kier alpha value is -1.88. The second-order valence-electron chi connectivity index (χ2n) is 7.54. The Bertz CT molecular complexity index is 1010. The predicted molar refractivity (Wildman–Crippen MR) is 100 cm³/mol. The Morgan fingerprint density at radius 3 is 2.93 bits per heavy atom. The van der Waals surface area contributed by atoms with Crippen molar-refractivity contribution in [3.05, 3.63) is 30.0 Å². The molecule has 0 spiro atoms. The summed E-state index contributed by atoms with van der Waals surface area (Å²) in [5, 5.41) is 11.0. The predicted octanol–water partition coefficient (Wildman–Crippen LogP) is 0.703. The van der Waals surface area contributed by atoms with Gasteiger partial charge in [-0.3, -0.25) is 0 Å². The average Bonchev–Trinajstić information content (AvgIpc) is 3.02. The molecule has 1 saturated heterocycles. The number of pyridine rings is 1. The highest BCUT2D eigenvalue weighted by molar-refractivity contribution is 7.89. The van der Waals surface area contributed by atoms with Crippen LogP contribution in [0.5, 0.6) is 5.75 Å². The second-order valence-corrected chi connectivity index (χ2v) is 9.33. The molecule has 3 N–H and O–H groups in total. The standard InChI is InChI=1S/C17H20BN3O5S/c22-18-5-14(16-13-1-2-19-17(13)20-6-15(16)26-18)11-3-12(4-11)21-27(23,24)9-10-7-25-8-10/h1-2,5-6,10-12,21-22H,3-4,7-9H2,(H,19,20). The summed E-state index contributed by atoms with van der Waals surface area (Å²) in [6.45, 7) is 1.05. The highest BCUT2D eigenvalue weighted by Gasteiger charge is 2.39. The largest absolute Gasteiger partial charge is 0.552 e. The minimum atomic E-state index is -3.29. The molecule has 0 radical (unpaired) electrons. The third-order valence-corrected chi connectivity index (χ3v) is 7.10. The summed E-state index contributed by atoms with van der Waals surface area (Å²) in [6, 6.07) is 1.86. The van der Waals surface area contributed by atoms with Crippen LogP contribution in [-0.2, 0) is 14.8 Å². The summed E-state index contributed by atoms with van der Waals surface area (Å²) in [4.78, 5) is 7.40. The van der Waals surface area contributed by atoms with Gasteiger partial charge in [0.1, 0.15) is 11.4 Å². The number of sulfonamides is 1. The van der Waals surface area contributed by atoms with Crippen molar-refractivity contribution in [3.8, 4) is 5.75 Å². The van der Waals surface area contributed by atoms with E-state index in [1.807, 2.05) is 12.3 Å². The Kier molecular flexibility index (Phi) is 4.05. The fourth-order valence-corrected chi connectivity index (χ4v) is 5.69. The zero-order chi connectivity index (χ0) is 18.6. The molecule has 2 aromatic rings. The summed E-state index contributed by atoms with van der Waals surface area (Å²) < 4.78 is 37.9. The van der Waals surface area contributed by atoms with Gasteiger partial charge in [0.15, 0.2) is 0 Å². The molecular formula is C17H20BN3O5S. The number of hydrogen-bond donors (Lipinski definition) is 3. The first-order valence-corrected chi connectivity index (χ1v) is 10.7. The number of fused-ring (bicyclic) bond motifs is 3. The lowest BCUT2D eigenvalue weighted by molar-refractivity contribution is -0.0205. The Morgan fingerprint density at radius 1 is 1.37 bits per heavy atom. The molecule has 8 nitrogen and oxygen atoms in total. The molecule has 10 heteroatoms. The first-order chi connectivity index (χ1) is 13.0. The van der Waals surface area contributed by atoms with Crippen molar-refractivity contribution in [1.82, 2.24) is 14.7 Å². The van der Waals surface area contributed by atoms with E-state index in [-0.39, 0.29) is 23.6 Å². The third-order valence-electron chi connectivity index (χ3n) is 5.50. The van der Waals surface area contributed by atoms with Crippen LogP contribution in [0, 0.1) is 11.8 Å². The van der Waals surface area contributed by atoms with Crippen molar-refractivity contribution in [3.63, 3.8) is 0 Å². The molecule has 2 fully saturated rings. The van der Waals surface area contributed by atoms with Gasteiger partial charge in [-0.05, 0) is 36.4 Å². The van der Waals surface area contributed by atoms with Crippen molar-refractivity contribution in [2.24, 2.45) is 11.8 Å². The molecule has 3 aliphatic rings. The number of nitrogens with zero attached hydrogens (tertiary/aromatic N) is 1. The van der Waals surface area contributed by atoms with E-state index in [1.165, 1.54) is 0 Å². The van der Waals surface area contributed by atoms with Crippen molar-refractivity contribution < 1.29 is 22.8 Å². The number of aromatic nitrogens is 2. The Balaban J connectivity index is 1.32. The molecule has 27 heavy (non-hydrogen) atoms. The van der Waals surface area contributed by atoms with Crippen LogP contribution in [0.2, 0.25) is 0 Å². The van der Waals surface area contributed by atoms with E-state index in [0.717, 1.165) is 22.2 Å². The number of nitrogens with one attached hydrogen (secondary N) is 2. The van der Waals surface area contributed by atoms with Crippen molar-refractivity contribution >= 4 is 33.7 Å². The van der Waals surface area contributed by atoms with Gasteiger partial charge in [0.25, 0.3) is 0 Å². The van der Waals surface area contributed by atoms with Crippen LogP contribution < -0.4 is 9.38 Å². The maximum Gasteiger partial charge on any atom is 0.552 e. The lowest BCUT2D eigenvalue weighted by atomic mass is 9.68. The van der Waals surface area contributed by atoms with Crippen molar-refractivity contribution in [2.45, 2.75) is 18.9 Å². The maximum absolute atomic E-state index is 12.3. The van der Waals surface area contributed by atoms with Gasteiger partial charge in [0.05, 0.1) is 25.2 Å². The van der Waals surface area contributed by atoms with Crippen LogP contribution in [0.25, 0.3) is 16.6 Å². The van der Waals surface area contributed by atoms with E-state index in [9.17, 15) is 13.4 Å². The van der Waals surface area contributed by atoms with Crippen LogP contribution in [0.3, 0.4) is 0 Å². The van der Waals surface area contributed by atoms with Gasteiger partial charge in [0.2, 0.25) is 10.0 Å². The molecule has 0 unspecified atom stereocenters. The van der Waals surface area contributed by atoms with Crippen LogP contribution in [0.15, 0.2) is 24.4 Å². The van der Waals surface area contributed by atoms with Gasteiger partial charge in [-0.1, -0.05) is 0 Å². The number of aromatic amines is 1. The first-order valence-electron chi connectivity index (χ1n) is 9.09. The smallest absolute Gasteiger partial charge is 0.531 e. The number of H-pyrrole nitrogens is 1. The summed E-state index contributed by atoms with van der Waals surface area (Å²) in [7, 11) is -4.31. The molecule has 2 aliphatic heterocycles. The molecule has 2 aromatic heterocycles. The normalized spacial score (nSPS) is 25.4. The van der Waals surface area contributed by atoms with Gasteiger partial charge < -0.3 is 19.4 Å². The summed E-state index contributed by atoms with van der Waals surface area (Å²) in [5.74, 6) is 2.68. The van der Waals surface area contributed by atoms with Gasteiger partial charge in [0, 0.05) is 29.1 Å². The third kappa shape index (κ3) is 3.16. The van der Waals surface area contributed by atoms with E-state index >= 15 is 0 Å². The molecule has 5 rings (SSSR count). The molecule has 142 valence electrons. The van der Waals surface area contributed by atoms with Gasteiger partial charge >= 0.3 is 7.12 Å². The topological polar surface area (TPSA) is 114 Å². The van der Waals surface area contributed by atoms with Crippen molar-refractivity contribution in [1.29, 1.82) is 0 Å². The second kappa shape index (κ2) is 6.34. The average molecular weight is 389 g/mol. The van der Waals surface area contributed by atoms with Gasteiger partial charge in [-0.25, -0.2) is 18.1 Å². The minimum Gasteiger partial charge on any atom is -0.531 e. The van der Waals surface area contributed by atoms with Crippen LogP contribution in [0.4, 0.5) is 0 Å². The fraction of sp³-hybridized carbons (Fsp3) is 0.471. The van der Waals surface area contributed by atoms with E-state index in [4.69, 9.17) is 9.39 Å². The van der Waals surface area contributed by atoms with Crippen LogP contribution in [0.1, 0.15) is 18.4 Å². The Labute approximate surface area is 157 Å². The van der Waals surface area contributed by atoms with E-state index < -0.39 is 17.1 Å². The zero-order valence-corrected chi connectivity index (χ0v) is 15.4. The Morgan fingerprint density at radius 2 is 2.19 bits per heavy atom. The molecule has 0 amide bonds. The highest BCUT2D eigenvalue weighted by atomic mass is 32.2. The van der Waals surface area contributed by atoms with E-state index in [1.54, 1.807) is 12.2 Å². The minimum absolute atomic E-state index is 0.0751. The van der Waals surface area contributed by atoms with Crippen molar-refractivity contribution in [2.75, 3.05) is 19.0 Å². The molecule has 1 saturated carbocycles. The molecule has 4 heterocycles. The number of hydrogen-bond acceptors (Lipinski definition) is 6. The molecule has 0 atom stereocenters. The number of allylic oxidation sites excluding steroid dienone is 1. The highest BCUT2D eigenvalue weighted by Crippen LogP contribution is 2.46. The lowest BCUT2D eigenvalue weighted by Gasteiger charge is -2.39. The quantitative estimate of drug-likeness (QED) is 0.649. The van der Waals surface area contributed by atoms with E-state index in [2.05, 4.69) is 14.7 Å². The SMILES string of the molecule is O=S(=O)(CC1COC1)NC1CC(C2=CB(O)Oc3cnc4[nH]ccc4c32)C1. The lowest BCUT2D eigenvalue weighted by Crippen LogP contribution is -2.48. The fourth-order valence-electron chi connectivity index (χ4n) is 4.08. The van der Waals surface area contributed by atoms with Crippen LogP contribution in [-0.4, -0.2) is 55.5 Å². The van der Waals surface area contributed by atoms with Crippen LogP contribution >= 0.6 is 0 Å².